The topological polar surface area (TPSA) is 42.8 Å². The van der Waals surface area contributed by atoms with Gasteiger partial charge in [-0.1, -0.05) is 35.3 Å². The van der Waals surface area contributed by atoms with Crippen LogP contribution in [-0.2, 0) is 12.7 Å². The van der Waals surface area contributed by atoms with Gasteiger partial charge in [0.15, 0.2) is 0 Å². The fourth-order valence-corrected chi connectivity index (χ4v) is 2.32. The van der Waals surface area contributed by atoms with Crippen molar-refractivity contribution in [3.8, 4) is 0 Å². The van der Waals surface area contributed by atoms with Crippen LogP contribution in [0.3, 0.4) is 0 Å². The van der Waals surface area contributed by atoms with Crippen LogP contribution in [0.1, 0.15) is 11.1 Å². The molecule has 0 aliphatic carbocycles. The average Bonchev–Trinajstić information content (AvgIpc) is 2.49. The number of aromatic nitrogens is 1. The molecule has 0 atom stereocenters. The molecule has 3 nitrogen and oxygen atoms in total. The molecule has 2 aromatic rings. The van der Waals surface area contributed by atoms with Crippen molar-refractivity contribution in [1.82, 2.24) is 0 Å². The molecule has 124 valence electrons. The SMILES string of the molecule is FC(F)(F)c1c[nH+]c(NCC[NH2+]Cc2ccc(Cl)cc2)c(Cl)c1. The number of hydrogen-bond donors (Lipinski definition) is 2. The van der Waals surface area contributed by atoms with Crippen molar-refractivity contribution in [2.75, 3.05) is 18.4 Å². The smallest absolute Gasteiger partial charge is 0.339 e. The highest BCUT2D eigenvalue weighted by atomic mass is 35.5. The standard InChI is InChI=1S/C15H14Cl2F3N3/c16-12-3-1-10(2-4-12)8-21-5-6-22-14-13(17)7-11(9-23-14)15(18,19)20/h1-4,7,9,21H,5-6,8H2,(H,22,23)/p+2. The van der Waals surface area contributed by atoms with Crippen molar-refractivity contribution in [3.05, 3.63) is 57.7 Å². The van der Waals surface area contributed by atoms with Gasteiger partial charge in [-0.25, -0.2) is 4.98 Å². The second-order valence-electron chi connectivity index (χ2n) is 4.94. The predicted molar refractivity (Wildman–Crippen MR) is 83.4 cm³/mol. The Bertz CT molecular complexity index is 645. The lowest BCUT2D eigenvalue weighted by molar-refractivity contribution is -0.668. The molecule has 1 heterocycles. The summed E-state index contributed by atoms with van der Waals surface area (Å²) in [5.41, 5.74) is 0.343. The van der Waals surface area contributed by atoms with Crippen molar-refractivity contribution in [1.29, 1.82) is 0 Å². The molecule has 0 saturated carbocycles. The first kappa shape index (κ1) is 17.8. The molecule has 0 radical (unpaired) electrons. The molecule has 0 bridgehead atoms. The number of anilines is 1. The van der Waals surface area contributed by atoms with E-state index >= 15 is 0 Å². The molecule has 1 aromatic heterocycles. The fraction of sp³-hybridized carbons (Fsp3) is 0.267. The van der Waals surface area contributed by atoms with Crippen molar-refractivity contribution in [2.24, 2.45) is 0 Å². The van der Waals surface area contributed by atoms with Crippen molar-refractivity contribution in [3.63, 3.8) is 0 Å². The van der Waals surface area contributed by atoms with Gasteiger partial charge in [0.1, 0.15) is 30.9 Å². The Morgan fingerprint density at radius 1 is 1.13 bits per heavy atom. The third-order valence-electron chi connectivity index (χ3n) is 3.16. The van der Waals surface area contributed by atoms with Gasteiger partial charge in [0.25, 0.3) is 5.82 Å². The first-order valence-electron chi connectivity index (χ1n) is 6.94. The summed E-state index contributed by atoms with van der Waals surface area (Å²) in [7, 11) is 0. The number of hydrogen-bond acceptors (Lipinski definition) is 1. The zero-order valence-corrected chi connectivity index (χ0v) is 13.6. The molecule has 0 aliphatic rings. The first-order chi connectivity index (χ1) is 10.9. The minimum absolute atomic E-state index is 0.0116. The summed E-state index contributed by atoms with van der Waals surface area (Å²) in [5, 5.41) is 5.77. The maximum Gasteiger partial charge on any atom is 0.419 e. The van der Waals surface area contributed by atoms with E-state index in [9.17, 15) is 13.2 Å². The molecule has 0 amide bonds. The number of rotatable bonds is 6. The molecule has 0 fully saturated rings. The molecule has 0 aliphatic heterocycles. The van der Waals surface area contributed by atoms with Crippen LogP contribution in [0.15, 0.2) is 36.5 Å². The molecule has 1 aromatic carbocycles. The minimum Gasteiger partial charge on any atom is -0.339 e. The molecule has 0 unspecified atom stereocenters. The molecule has 0 spiro atoms. The Labute approximate surface area is 141 Å². The largest absolute Gasteiger partial charge is 0.419 e. The van der Waals surface area contributed by atoms with Gasteiger partial charge in [-0.3, -0.25) is 5.32 Å². The van der Waals surface area contributed by atoms with Crippen molar-refractivity contribution < 1.29 is 23.5 Å². The number of nitrogens with one attached hydrogen (secondary N) is 2. The lowest BCUT2D eigenvalue weighted by Crippen LogP contribution is -2.83. The van der Waals surface area contributed by atoms with Crippen LogP contribution in [0, 0.1) is 0 Å². The van der Waals surface area contributed by atoms with Crippen LogP contribution in [0.4, 0.5) is 19.0 Å². The van der Waals surface area contributed by atoms with Crippen LogP contribution in [0.5, 0.6) is 0 Å². The number of nitrogens with two attached hydrogens (primary N) is 1. The van der Waals surface area contributed by atoms with Gasteiger partial charge in [-0.15, -0.1) is 0 Å². The van der Waals surface area contributed by atoms with E-state index in [2.05, 4.69) is 15.6 Å². The predicted octanol–water partition coefficient (Wildman–Crippen LogP) is 3.00. The molecule has 23 heavy (non-hydrogen) atoms. The van der Waals surface area contributed by atoms with E-state index in [1.807, 2.05) is 24.3 Å². The number of alkyl halides is 3. The van der Waals surface area contributed by atoms with E-state index in [1.165, 1.54) is 0 Å². The Kier molecular flexibility index (Phi) is 6.10. The Morgan fingerprint density at radius 3 is 2.43 bits per heavy atom. The lowest BCUT2D eigenvalue weighted by Gasteiger charge is -2.06. The van der Waals surface area contributed by atoms with Gasteiger partial charge in [0, 0.05) is 10.6 Å². The van der Waals surface area contributed by atoms with Crippen LogP contribution in [-0.4, -0.2) is 13.1 Å². The highest BCUT2D eigenvalue weighted by Crippen LogP contribution is 2.30. The number of benzene rings is 1. The second kappa shape index (κ2) is 7.86. The second-order valence-corrected chi connectivity index (χ2v) is 5.79. The summed E-state index contributed by atoms with van der Waals surface area (Å²) < 4.78 is 37.6. The van der Waals surface area contributed by atoms with Gasteiger partial charge in [-0.2, -0.15) is 13.2 Å². The van der Waals surface area contributed by atoms with Crippen LogP contribution < -0.4 is 15.6 Å². The summed E-state index contributed by atoms with van der Waals surface area (Å²) >= 11 is 11.7. The molecular formula is C15H16Cl2F3N3+2. The lowest BCUT2D eigenvalue weighted by atomic mass is 10.2. The third kappa shape index (κ3) is 5.57. The fourth-order valence-electron chi connectivity index (χ4n) is 1.96. The van der Waals surface area contributed by atoms with Crippen LogP contribution in [0.25, 0.3) is 0 Å². The Hall–Kier alpha value is -1.50. The van der Waals surface area contributed by atoms with Gasteiger partial charge in [0.2, 0.25) is 0 Å². The summed E-state index contributed by atoms with van der Waals surface area (Å²) in [4.78, 5) is 2.54. The number of aromatic amines is 1. The summed E-state index contributed by atoms with van der Waals surface area (Å²) in [6.45, 7) is 2.10. The number of H-pyrrole nitrogens is 1. The number of quaternary nitrogens is 1. The van der Waals surface area contributed by atoms with Gasteiger partial charge < -0.3 is 5.32 Å². The van der Waals surface area contributed by atoms with Gasteiger partial charge >= 0.3 is 6.18 Å². The summed E-state index contributed by atoms with van der Waals surface area (Å²) in [5.74, 6) is 0.375. The van der Waals surface area contributed by atoms with E-state index in [0.29, 0.717) is 17.4 Å². The third-order valence-corrected chi connectivity index (χ3v) is 3.71. The summed E-state index contributed by atoms with van der Waals surface area (Å²) in [6, 6.07) is 8.47. The number of halogens is 5. The maximum atomic E-state index is 12.5. The van der Waals surface area contributed by atoms with E-state index < -0.39 is 11.7 Å². The molecule has 2 rings (SSSR count). The molecular weight excluding hydrogens is 350 g/mol. The number of pyridine rings is 1. The van der Waals surface area contributed by atoms with Crippen LogP contribution in [0.2, 0.25) is 10.0 Å². The zero-order chi connectivity index (χ0) is 16.9. The first-order valence-corrected chi connectivity index (χ1v) is 7.70. The molecule has 4 N–H and O–H groups in total. The Morgan fingerprint density at radius 2 is 1.83 bits per heavy atom. The van der Waals surface area contributed by atoms with Crippen LogP contribution >= 0.6 is 23.2 Å². The molecule has 0 saturated heterocycles. The monoisotopic (exact) mass is 365 g/mol. The maximum absolute atomic E-state index is 12.5. The summed E-state index contributed by atoms with van der Waals surface area (Å²) in [6.07, 6.45) is -3.52. The van der Waals surface area contributed by atoms with Crippen molar-refractivity contribution >= 4 is 29.0 Å². The highest BCUT2D eigenvalue weighted by molar-refractivity contribution is 6.32. The quantitative estimate of drug-likeness (QED) is 0.759. The van der Waals surface area contributed by atoms with Gasteiger partial charge in [0.05, 0.1) is 5.56 Å². The van der Waals surface area contributed by atoms with Crippen molar-refractivity contribution in [2.45, 2.75) is 12.7 Å². The van der Waals surface area contributed by atoms with Gasteiger partial charge in [-0.05, 0) is 18.2 Å². The Balaban J connectivity index is 1.77. The van der Waals surface area contributed by atoms with E-state index in [4.69, 9.17) is 23.2 Å². The highest BCUT2D eigenvalue weighted by Gasteiger charge is 2.32. The average molecular weight is 366 g/mol. The van der Waals surface area contributed by atoms with E-state index in [-0.39, 0.29) is 5.02 Å². The molecule has 8 heteroatoms. The zero-order valence-electron chi connectivity index (χ0n) is 12.1. The normalized spacial score (nSPS) is 11.5. The van der Waals surface area contributed by atoms with E-state index in [1.54, 1.807) is 0 Å². The van der Waals surface area contributed by atoms with E-state index in [0.717, 1.165) is 30.9 Å². The minimum atomic E-state index is -4.41.